The van der Waals surface area contributed by atoms with Crippen molar-refractivity contribution in [1.29, 1.82) is 0 Å². The fraction of sp³-hybridized carbons (Fsp3) is 0.538. The highest BCUT2D eigenvalue weighted by atomic mass is 35.5. The van der Waals surface area contributed by atoms with Crippen molar-refractivity contribution in [1.82, 2.24) is 9.62 Å². The molecule has 0 atom stereocenters. The van der Waals surface area contributed by atoms with E-state index in [0.717, 1.165) is 37.5 Å². The molecule has 0 radical (unpaired) electrons. The van der Waals surface area contributed by atoms with Crippen LogP contribution in [0.3, 0.4) is 0 Å². The Morgan fingerprint density at radius 1 is 1.32 bits per heavy atom. The molecule has 0 spiro atoms. The summed E-state index contributed by atoms with van der Waals surface area (Å²) in [6, 6.07) is 6.04. The highest BCUT2D eigenvalue weighted by Gasteiger charge is 2.15. The maximum atomic E-state index is 11.0. The van der Waals surface area contributed by atoms with E-state index in [2.05, 4.69) is 15.7 Å². The van der Waals surface area contributed by atoms with Gasteiger partial charge >= 0.3 is 0 Å². The van der Waals surface area contributed by atoms with E-state index in [1.54, 1.807) is 0 Å². The zero-order valence-corrected chi connectivity index (χ0v) is 12.6. The normalized spacial score (nSPS) is 16.9. The number of rotatable bonds is 4. The molecule has 0 bridgehead atoms. The van der Waals surface area contributed by atoms with E-state index in [0.29, 0.717) is 6.54 Å². The molecule has 0 aliphatic carbocycles. The predicted molar refractivity (Wildman–Crippen MR) is 78.1 cm³/mol. The molecule has 1 aliphatic rings. The first-order valence-electron chi connectivity index (χ1n) is 6.39. The van der Waals surface area contributed by atoms with Crippen molar-refractivity contribution in [2.45, 2.75) is 12.8 Å². The zero-order chi connectivity index (χ0) is 13.9. The third-order valence-electron chi connectivity index (χ3n) is 3.38. The van der Waals surface area contributed by atoms with E-state index in [1.807, 2.05) is 12.1 Å². The minimum atomic E-state index is -3.09. The average molecular weight is 303 g/mol. The van der Waals surface area contributed by atoms with Gasteiger partial charge in [-0.05, 0) is 30.0 Å². The van der Waals surface area contributed by atoms with Crippen LogP contribution in [0.15, 0.2) is 18.2 Å². The molecule has 2 rings (SSSR count). The van der Waals surface area contributed by atoms with Crippen LogP contribution < -0.4 is 4.72 Å². The van der Waals surface area contributed by atoms with Gasteiger partial charge in [0, 0.05) is 31.2 Å². The minimum absolute atomic E-state index is 0.461. The molecule has 0 amide bonds. The molecule has 0 aromatic heterocycles. The van der Waals surface area contributed by atoms with Gasteiger partial charge in [-0.3, -0.25) is 0 Å². The van der Waals surface area contributed by atoms with Crippen LogP contribution in [0.25, 0.3) is 0 Å². The van der Waals surface area contributed by atoms with Gasteiger partial charge in [-0.15, -0.1) is 0 Å². The van der Waals surface area contributed by atoms with Gasteiger partial charge in [0.1, 0.15) is 0 Å². The second-order valence-electron chi connectivity index (χ2n) is 4.89. The van der Waals surface area contributed by atoms with E-state index in [9.17, 15) is 8.42 Å². The predicted octanol–water partition coefficient (Wildman–Crippen LogP) is 1.29. The van der Waals surface area contributed by atoms with Crippen molar-refractivity contribution >= 4 is 21.6 Å². The summed E-state index contributed by atoms with van der Waals surface area (Å²) in [7, 11) is -3.09. The highest BCUT2D eigenvalue weighted by Crippen LogP contribution is 2.23. The van der Waals surface area contributed by atoms with E-state index >= 15 is 0 Å². The highest BCUT2D eigenvalue weighted by molar-refractivity contribution is 7.88. The van der Waals surface area contributed by atoms with Crippen LogP contribution in [0.1, 0.15) is 11.1 Å². The molecule has 4 nitrogen and oxygen atoms in total. The van der Waals surface area contributed by atoms with Gasteiger partial charge in [-0.2, -0.15) is 0 Å². The lowest BCUT2D eigenvalue weighted by molar-refractivity contribution is 0.292. The van der Waals surface area contributed by atoms with Crippen molar-refractivity contribution in [2.75, 3.05) is 32.4 Å². The Morgan fingerprint density at radius 3 is 2.79 bits per heavy atom. The molecule has 0 fully saturated rings. The minimum Gasteiger partial charge on any atom is -0.301 e. The third kappa shape index (κ3) is 4.45. The van der Waals surface area contributed by atoms with Crippen LogP contribution in [0.4, 0.5) is 0 Å². The van der Waals surface area contributed by atoms with Crippen LogP contribution in [0.2, 0.25) is 5.02 Å². The Balaban J connectivity index is 1.91. The number of hydrogen-bond acceptors (Lipinski definition) is 3. The summed E-state index contributed by atoms with van der Waals surface area (Å²) in [4.78, 5) is 2.27. The molecule has 19 heavy (non-hydrogen) atoms. The van der Waals surface area contributed by atoms with Crippen molar-refractivity contribution < 1.29 is 8.42 Å². The lowest BCUT2D eigenvalue weighted by Crippen LogP contribution is -2.35. The molecule has 0 saturated carbocycles. The number of halogens is 1. The Bertz CT molecular complexity index is 546. The smallest absolute Gasteiger partial charge is 0.208 e. The number of sulfonamides is 1. The monoisotopic (exact) mass is 302 g/mol. The standard InChI is InChI=1S/C13H19ClN2O2S/c1-19(17,18)15-7-10-16-8-5-11-3-2-4-13(14)12(11)6-9-16/h2-4,15H,5-10H2,1H3. The second kappa shape index (κ2) is 6.22. The Hall–Kier alpha value is -0.620. The molecule has 106 valence electrons. The number of nitrogens with zero attached hydrogens (tertiary/aromatic N) is 1. The van der Waals surface area contributed by atoms with E-state index < -0.39 is 10.0 Å². The summed E-state index contributed by atoms with van der Waals surface area (Å²) in [5, 5.41) is 0.841. The van der Waals surface area contributed by atoms with E-state index in [-0.39, 0.29) is 0 Å². The van der Waals surface area contributed by atoms with Crippen LogP contribution in [-0.2, 0) is 22.9 Å². The topological polar surface area (TPSA) is 49.4 Å². The summed E-state index contributed by atoms with van der Waals surface area (Å²) in [5.74, 6) is 0. The summed E-state index contributed by atoms with van der Waals surface area (Å²) in [5.41, 5.74) is 2.55. The van der Waals surface area contributed by atoms with Crippen LogP contribution in [0, 0.1) is 0 Å². The molecule has 1 N–H and O–H groups in total. The fourth-order valence-electron chi connectivity index (χ4n) is 2.39. The summed E-state index contributed by atoms with van der Waals surface area (Å²) >= 11 is 6.22. The van der Waals surface area contributed by atoms with E-state index in [4.69, 9.17) is 11.6 Å². The summed E-state index contributed by atoms with van der Waals surface area (Å²) in [6.07, 6.45) is 3.08. The first-order valence-corrected chi connectivity index (χ1v) is 8.66. The Morgan fingerprint density at radius 2 is 2.05 bits per heavy atom. The molecule has 1 heterocycles. The molecular formula is C13H19ClN2O2S. The van der Waals surface area contributed by atoms with Gasteiger partial charge in [0.2, 0.25) is 10.0 Å². The zero-order valence-electron chi connectivity index (χ0n) is 11.0. The van der Waals surface area contributed by atoms with Gasteiger partial charge in [0.25, 0.3) is 0 Å². The summed E-state index contributed by atoms with van der Waals surface area (Å²) < 4.78 is 24.6. The fourth-order valence-corrected chi connectivity index (χ4v) is 3.14. The van der Waals surface area contributed by atoms with Gasteiger partial charge in [0.05, 0.1) is 6.26 Å². The van der Waals surface area contributed by atoms with Crippen LogP contribution in [-0.4, -0.2) is 45.8 Å². The number of nitrogens with one attached hydrogen (secondary N) is 1. The largest absolute Gasteiger partial charge is 0.301 e. The third-order valence-corrected chi connectivity index (χ3v) is 4.47. The number of benzene rings is 1. The lowest BCUT2D eigenvalue weighted by atomic mass is 10.0. The van der Waals surface area contributed by atoms with Gasteiger partial charge in [-0.1, -0.05) is 23.7 Å². The maximum Gasteiger partial charge on any atom is 0.208 e. The molecule has 1 aromatic carbocycles. The van der Waals surface area contributed by atoms with Crippen molar-refractivity contribution in [2.24, 2.45) is 0 Å². The second-order valence-corrected chi connectivity index (χ2v) is 7.13. The maximum absolute atomic E-state index is 11.0. The van der Waals surface area contributed by atoms with Crippen molar-refractivity contribution in [3.8, 4) is 0 Å². The quantitative estimate of drug-likeness (QED) is 0.912. The number of fused-ring (bicyclic) bond motifs is 1. The molecule has 0 saturated heterocycles. The van der Waals surface area contributed by atoms with Gasteiger partial charge in [-0.25, -0.2) is 13.1 Å². The average Bonchev–Trinajstić information content (AvgIpc) is 2.52. The molecule has 1 aliphatic heterocycles. The SMILES string of the molecule is CS(=O)(=O)NCCN1CCc2cccc(Cl)c2CC1. The lowest BCUT2D eigenvalue weighted by Gasteiger charge is -2.19. The van der Waals surface area contributed by atoms with Crippen molar-refractivity contribution in [3.05, 3.63) is 34.3 Å². The van der Waals surface area contributed by atoms with Gasteiger partial charge in [0.15, 0.2) is 0 Å². The molecule has 1 aromatic rings. The first-order chi connectivity index (χ1) is 8.96. The van der Waals surface area contributed by atoms with Gasteiger partial charge < -0.3 is 4.90 Å². The Labute approximate surface area is 119 Å². The van der Waals surface area contributed by atoms with Crippen LogP contribution in [0.5, 0.6) is 0 Å². The Kier molecular flexibility index (Phi) is 4.84. The number of hydrogen-bond donors (Lipinski definition) is 1. The van der Waals surface area contributed by atoms with Crippen LogP contribution >= 0.6 is 11.6 Å². The summed E-state index contributed by atoms with van der Waals surface area (Å²) in [6.45, 7) is 3.06. The molecular weight excluding hydrogens is 284 g/mol. The molecule has 0 unspecified atom stereocenters. The first kappa shape index (κ1) is 14.8. The van der Waals surface area contributed by atoms with Crippen molar-refractivity contribution in [3.63, 3.8) is 0 Å². The van der Waals surface area contributed by atoms with E-state index in [1.165, 1.54) is 17.4 Å². The molecule has 6 heteroatoms.